The van der Waals surface area contributed by atoms with Gasteiger partial charge in [-0.25, -0.2) is 15.0 Å². The fourth-order valence-electron chi connectivity index (χ4n) is 3.05. The summed E-state index contributed by atoms with van der Waals surface area (Å²) in [6.45, 7) is 6.46. The molecule has 0 bridgehead atoms. The first kappa shape index (κ1) is 17.0. The number of furan rings is 1. The second kappa shape index (κ2) is 7.07. The number of pyridine rings is 1. The van der Waals surface area contributed by atoms with E-state index in [1.807, 2.05) is 51.1 Å². The van der Waals surface area contributed by atoms with E-state index in [0.29, 0.717) is 24.1 Å². The zero-order valence-corrected chi connectivity index (χ0v) is 15.4. The molecule has 0 atom stereocenters. The maximum Gasteiger partial charge on any atom is 0.230 e. The van der Waals surface area contributed by atoms with E-state index in [9.17, 15) is 0 Å². The summed E-state index contributed by atoms with van der Waals surface area (Å²) < 4.78 is 17.1. The third kappa shape index (κ3) is 3.21. The van der Waals surface area contributed by atoms with Crippen LogP contribution in [0.4, 0.5) is 0 Å². The van der Waals surface area contributed by atoms with Crippen LogP contribution in [0.1, 0.15) is 18.2 Å². The van der Waals surface area contributed by atoms with Crippen LogP contribution in [0.2, 0.25) is 0 Å². The van der Waals surface area contributed by atoms with E-state index in [1.54, 1.807) is 12.5 Å². The van der Waals surface area contributed by atoms with Gasteiger partial charge in [-0.3, -0.25) is 0 Å². The van der Waals surface area contributed by atoms with Crippen LogP contribution in [0, 0.1) is 13.8 Å². The second-order valence-electron chi connectivity index (χ2n) is 6.10. The summed E-state index contributed by atoms with van der Waals surface area (Å²) in [5, 5.41) is 0.838. The summed E-state index contributed by atoms with van der Waals surface area (Å²) in [5.41, 5.74) is 4.56. The highest BCUT2D eigenvalue weighted by Gasteiger charge is 2.15. The predicted molar refractivity (Wildman–Crippen MR) is 102 cm³/mol. The fraction of sp³-hybridized carbons (Fsp3) is 0.190. The van der Waals surface area contributed by atoms with E-state index in [2.05, 4.69) is 15.0 Å². The highest BCUT2D eigenvalue weighted by Crippen LogP contribution is 2.36. The van der Waals surface area contributed by atoms with Gasteiger partial charge in [-0.15, -0.1) is 0 Å². The van der Waals surface area contributed by atoms with Crippen molar-refractivity contribution in [1.82, 2.24) is 15.0 Å². The molecule has 0 saturated carbocycles. The molecule has 0 aliphatic rings. The van der Waals surface area contributed by atoms with Gasteiger partial charge in [-0.2, -0.15) is 0 Å². The molecule has 0 amide bonds. The van der Waals surface area contributed by atoms with Gasteiger partial charge in [0.15, 0.2) is 0 Å². The smallest absolute Gasteiger partial charge is 0.230 e. The minimum atomic E-state index is 0.516. The molecule has 6 nitrogen and oxygen atoms in total. The molecule has 27 heavy (non-hydrogen) atoms. The van der Waals surface area contributed by atoms with Crippen molar-refractivity contribution < 1.29 is 13.9 Å². The normalized spacial score (nSPS) is 10.9. The van der Waals surface area contributed by atoms with Crippen molar-refractivity contribution in [3.63, 3.8) is 0 Å². The van der Waals surface area contributed by atoms with Gasteiger partial charge in [-0.1, -0.05) is 6.07 Å². The monoisotopic (exact) mass is 361 g/mol. The summed E-state index contributed by atoms with van der Waals surface area (Å²) in [6.07, 6.45) is 4.82. The Balaban J connectivity index is 1.71. The van der Waals surface area contributed by atoms with Gasteiger partial charge >= 0.3 is 0 Å². The highest BCUT2D eigenvalue weighted by atomic mass is 16.5. The Morgan fingerprint density at radius 3 is 2.70 bits per heavy atom. The number of hydrogen-bond donors (Lipinski definition) is 0. The average Bonchev–Trinajstić information content (AvgIpc) is 3.13. The van der Waals surface area contributed by atoms with Crippen molar-refractivity contribution in [3.05, 3.63) is 60.4 Å². The lowest BCUT2D eigenvalue weighted by molar-refractivity contribution is 0.327. The molecule has 3 heterocycles. The number of nitrogens with zero attached hydrogens (tertiary/aromatic N) is 3. The Kier molecular flexibility index (Phi) is 4.46. The van der Waals surface area contributed by atoms with Gasteiger partial charge < -0.3 is 13.9 Å². The first-order valence-electron chi connectivity index (χ1n) is 8.73. The lowest BCUT2D eigenvalue weighted by atomic mass is 10.00. The minimum Gasteiger partial charge on any atom is -0.477 e. The molecule has 0 radical (unpaired) electrons. The Morgan fingerprint density at radius 2 is 1.89 bits per heavy atom. The van der Waals surface area contributed by atoms with Crippen LogP contribution in [-0.2, 0) is 0 Å². The molecule has 4 aromatic rings. The van der Waals surface area contributed by atoms with Crippen molar-refractivity contribution >= 4 is 11.0 Å². The number of fused-ring (bicyclic) bond motifs is 1. The van der Waals surface area contributed by atoms with E-state index in [-0.39, 0.29) is 0 Å². The molecule has 3 aromatic heterocycles. The molecule has 4 rings (SSSR count). The van der Waals surface area contributed by atoms with Crippen molar-refractivity contribution in [2.45, 2.75) is 20.8 Å². The summed E-state index contributed by atoms with van der Waals surface area (Å²) in [6, 6.07) is 9.53. The Labute approximate surface area is 156 Å². The van der Waals surface area contributed by atoms with E-state index in [4.69, 9.17) is 13.9 Å². The standard InChI is InChI=1S/C21H19N3O3/c1-4-25-21-19(14(3)23-12-24-21)16-6-5-15(11-13(16)2)27-20-17-8-10-26-18(17)7-9-22-20/h5-12H,4H2,1-3H3. The van der Waals surface area contributed by atoms with Crippen LogP contribution in [0.3, 0.4) is 0 Å². The molecule has 136 valence electrons. The van der Waals surface area contributed by atoms with Gasteiger partial charge in [0.25, 0.3) is 0 Å². The molecule has 0 fully saturated rings. The summed E-state index contributed by atoms with van der Waals surface area (Å²) in [5.74, 6) is 1.80. The molecule has 0 saturated heterocycles. The van der Waals surface area contributed by atoms with Crippen molar-refractivity contribution in [3.8, 4) is 28.6 Å². The van der Waals surface area contributed by atoms with Gasteiger partial charge in [0, 0.05) is 6.20 Å². The third-order valence-electron chi connectivity index (χ3n) is 4.31. The number of benzene rings is 1. The number of aryl methyl sites for hydroxylation is 2. The molecule has 0 spiro atoms. The van der Waals surface area contributed by atoms with Crippen LogP contribution < -0.4 is 9.47 Å². The molecule has 1 aromatic carbocycles. The van der Waals surface area contributed by atoms with E-state index >= 15 is 0 Å². The van der Waals surface area contributed by atoms with Gasteiger partial charge in [0.1, 0.15) is 17.7 Å². The lowest BCUT2D eigenvalue weighted by Crippen LogP contribution is -2.01. The Bertz CT molecular complexity index is 1100. The first-order chi connectivity index (χ1) is 13.2. The summed E-state index contributed by atoms with van der Waals surface area (Å²) in [7, 11) is 0. The average molecular weight is 361 g/mol. The van der Waals surface area contributed by atoms with Crippen molar-refractivity contribution in [2.24, 2.45) is 0 Å². The second-order valence-corrected chi connectivity index (χ2v) is 6.10. The number of rotatable bonds is 5. The van der Waals surface area contributed by atoms with Gasteiger partial charge in [0.05, 0.1) is 29.5 Å². The van der Waals surface area contributed by atoms with Gasteiger partial charge in [-0.05, 0) is 56.2 Å². The Hall–Kier alpha value is -3.41. The molecule has 0 aliphatic heterocycles. The largest absolute Gasteiger partial charge is 0.477 e. The summed E-state index contributed by atoms with van der Waals surface area (Å²) in [4.78, 5) is 12.9. The van der Waals surface area contributed by atoms with Crippen LogP contribution >= 0.6 is 0 Å². The van der Waals surface area contributed by atoms with Crippen LogP contribution in [-0.4, -0.2) is 21.6 Å². The molecular formula is C21H19N3O3. The SMILES string of the molecule is CCOc1ncnc(C)c1-c1ccc(Oc2nccc3occc23)cc1C. The highest BCUT2D eigenvalue weighted by molar-refractivity contribution is 5.82. The summed E-state index contributed by atoms with van der Waals surface area (Å²) >= 11 is 0. The van der Waals surface area contributed by atoms with Crippen LogP contribution in [0.15, 0.2) is 53.5 Å². The first-order valence-corrected chi connectivity index (χ1v) is 8.73. The van der Waals surface area contributed by atoms with E-state index < -0.39 is 0 Å². The predicted octanol–water partition coefficient (Wildman–Crippen LogP) is 5.09. The third-order valence-corrected chi connectivity index (χ3v) is 4.31. The zero-order chi connectivity index (χ0) is 18.8. The quantitative estimate of drug-likeness (QED) is 0.493. The molecule has 0 unspecified atom stereocenters. The van der Waals surface area contributed by atoms with Crippen LogP contribution in [0.5, 0.6) is 17.5 Å². The molecular weight excluding hydrogens is 342 g/mol. The number of ether oxygens (including phenoxy) is 2. The molecule has 0 N–H and O–H groups in total. The zero-order valence-electron chi connectivity index (χ0n) is 15.4. The topological polar surface area (TPSA) is 70.3 Å². The van der Waals surface area contributed by atoms with Crippen molar-refractivity contribution in [1.29, 1.82) is 0 Å². The number of hydrogen-bond acceptors (Lipinski definition) is 6. The maximum atomic E-state index is 6.00. The van der Waals surface area contributed by atoms with E-state index in [0.717, 1.165) is 33.4 Å². The van der Waals surface area contributed by atoms with E-state index in [1.165, 1.54) is 6.33 Å². The lowest BCUT2D eigenvalue weighted by Gasteiger charge is -2.14. The maximum absolute atomic E-state index is 6.00. The van der Waals surface area contributed by atoms with Crippen LogP contribution in [0.25, 0.3) is 22.1 Å². The number of aromatic nitrogens is 3. The Morgan fingerprint density at radius 1 is 1.00 bits per heavy atom. The molecule has 0 aliphatic carbocycles. The van der Waals surface area contributed by atoms with Crippen molar-refractivity contribution in [2.75, 3.05) is 6.61 Å². The minimum absolute atomic E-state index is 0.516. The molecule has 6 heteroatoms. The van der Waals surface area contributed by atoms with Gasteiger partial charge in [0.2, 0.25) is 11.8 Å². The fourth-order valence-corrected chi connectivity index (χ4v) is 3.05.